The number of nitrogens with zero attached hydrogens (tertiary/aromatic N) is 3. The van der Waals surface area contributed by atoms with E-state index in [0.717, 1.165) is 4.90 Å². The topological polar surface area (TPSA) is 140 Å². The number of thiocarbonyl (C=S) groups is 1. The molecule has 0 saturated heterocycles. The summed E-state index contributed by atoms with van der Waals surface area (Å²) in [5, 5.41) is 34.5. The number of carboxylic acid groups (broad SMARTS) is 2. The van der Waals surface area contributed by atoms with Crippen molar-refractivity contribution in [2.45, 2.75) is 19.3 Å². The Labute approximate surface area is 130 Å². The number of carboxylic acids is 2. The molecule has 10 heteroatoms. The number of azo groups is 1. The summed E-state index contributed by atoms with van der Waals surface area (Å²) in [4.78, 5) is 34.5. The first-order valence-electron chi connectivity index (χ1n) is 6.31. The molecule has 1 aliphatic heterocycles. The predicted octanol–water partition coefficient (Wildman–Crippen LogP) is 0.963. The minimum Gasteiger partial charge on any atom is -0.509 e. The zero-order chi connectivity index (χ0) is 16.9. The Balaban J connectivity index is 3.13. The number of carbonyl (C=O) groups is 3. The highest BCUT2D eigenvalue weighted by atomic mass is 32.1. The summed E-state index contributed by atoms with van der Waals surface area (Å²) in [6.45, 7) is -0.188. The van der Waals surface area contributed by atoms with Gasteiger partial charge in [-0.3, -0.25) is 19.3 Å². The van der Waals surface area contributed by atoms with Crippen LogP contribution in [-0.4, -0.2) is 56.6 Å². The number of aliphatic hydroxyl groups excluding tert-OH is 1. The predicted molar refractivity (Wildman–Crippen MR) is 77.4 cm³/mol. The fourth-order valence-electron chi connectivity index (χ4n) is 1.95. The number of carbonyl (C=O) groups excluding carboxylic acids is 1. The highest BCUT2D eigenvalue weighted by Crippen LogP contribution is 2.29. The number of aliphatic carboxylic acids is 2. The smallest absolute Gasteiger partial charge is 0.305 e. The van der Waals surface area contributed by atoms with Crippen LogP contribution in [0.3, 0.4) is 0 Å². The van der Waals surface area contributed by atoms with Crippen LogP contribution in [0.5, 0.6) is 0 Å². The number of rotatable bonds is 7. The Morgan fingerprint density at radius 1 is 1.27 bits per heavy atom. The molecule has 0 saturated carbocycles. The van der Waals surface area contributed by atoms with E-state index in [0.29, 0.717) is 0 Å². The average Bonchev–Trinajstić information content (AvgIpc) is 2.42. The van der Waals surface area contributed by atoms with Gasteiger partial charge >= 0.3 is 11.9 Å². The Kier molecular flexibility index (Phi) is 6.11. The lowest BCUT2D eigenvalue weighted by molar-refractivity contribution is -0.138. The zero-order valence-corrected chi connectivity index (χ0v) is 12.5. The van der Waals surface area contributed by atoms with Crippen LogP contribution >= 0.6 is 12.2 Å². The molecule has 1 heterocycles. The standard InChI is InChI=1S/C12H15N3O6S/c1-13-14-9-10(20)6(2-3-7(16)17)12(22)15(11(9)21)5-4-8(18)19/h6,20H,2-5H2,1H3,(H,16,17)(H,18,19)/b14-13-. The van der Waals surface area contributed by atoms with E-state index < -0.39 is 29.5 Å². The molecular weight excluding hydrogens is 314 g/mol. The molecule has 0 aromatic heterocycles. The van der Waals surface area contributed by atoms with E-state index in [4.69, 9.17) is 22.4 Å². The minimum atomic E-state index is -1.12. The van der Waals surface area contributed by atoms with E-state index in [-0.39, 0.29) is 36.5 Å². The van der Waals surface area contributed by atoms with Crippen molar-refractivity contribution in [2.24, 2.45) is 16.1 Å². The van der Waals surface area contributed by atoms with Crippen molar-refractivity contribution in [2.75, 3.05) is 13.6 Å². The molecule has 1 aliphatic rings. The molecule has 3 N–H and O–H groups in total. The highest BCUT2D eigenvalue weighted by molar-refractivity contribution is 7.80. The van der Waals surface area contributed by atoms with Gasteiger partial charge in [0.15, 0.2) is 5.70 Å². The maximum absolute atomic E-state index is 12.2. The molecule has 0 spiro atoms. The fraction of sp³-hybridized carbons (Fsp3) is 0.500. The summed E-state index contributed by atoms with van der Waals surface area (Å²) >= 11 is 5.10. The zero-order valence-electron chi connectivity index (χ0n) is 11.7. The molecule has 0 aromatic carbocycles. The Bertz CT molecular complexity index is 571. The van der Waals surface area contributed by atoms with Crippen LogP contribution in [0, 0.1) is 5.92 Å². The monoisotopic (exact) mass is 329 g/mol. The van der Waals surface area contributed by atoms with Crippen molar-refractivity contribution in [3.63, 3.8) is 0 Å². The van der Waals surface area contributed by atoms with Gasteiger partial charge in [0.1, 0.15) is 5.76 Å². The van der Waals surface area contributed by atoms with Gasteiger partial charge in [0, 0.05) is 20.0 Å². The first-order valence-corrected chi connectivity index (χ1v) is 6.72. The lowest BCUT2D eigenvalue weighted by Crippen LogP contribution is -2.46. The van der Waals surface area contributed by atoms with Crippen molar-refractivity contribution in [3.05, 3.63) is 11.5 Å². The van der Waals surface area contributed by atoms with Crippen molar-refractivity contribution in [1.29, 1.82) is 0 Å². The van der Waals surface area contributed by atoms with Gasteiger partial charge in [-0.25, -0.2) is 0 Å². The van der Waals surface area contributed by atoms with Gasteiger partial charge in [-0.2, -0.15) is 5.11 Å². The maximum atomic E-state index is 12.2. The van der Waals surface area contributed by atoms with Gasteiger partial charge in [-0.05, 0) is 6.42 Å². The van der Waals surface area contributed by atoms with Gasteiger partial charge in [0.2, 0.25) is 0 Å². The van der Waals surface area contributed by atoms with Crippen LogP contribution in [0.2, 0.25) is 0 Å². The van der Waals surface area contributed by atoms with E-state index in [9.17, 15) is 19.5 Å². The van der Waals surface area contributed by atoms with E-state index in [1.807, 2.05) is 0 Å². The number of hydrogen-bond donors (Lipinski definition) is 3. The molecule has 1 atom stereocenters. The van der Waals surface area contributed by atoms with Crippen LogP contribution in [0.1, 0.15) is 19.3 Å². The van der Waals surface area contributed by atoms with Gasteiger partial charge in [-0.1, -0.05) is 12.2 Å². The van der Waals surface area contributed by atoms with Crippen LogP contribution < -0.4 is 0 Å². The van der Waals surface area contributed by atoms with Crippen LogP contribution in [0.15, 0.2) is 21.7 Å². The largest absolute Gasteiger partial charge is 0.509 e. The van der Waals surface area contributed by atoms with Crippen LogP contribution in [0.4, 0.5) is 0 Å². The summed E-state index contributed by atoms with van der Waals surface area (Å²) in [6, 6.07) is 0. The highest BCUT2D eigenvalue weighted by Gasteiger charge is 2.38. The molecule has 0 aliphatic carbocycles. The minimum absolute atomic E-state index is 0.0138. The summed E-state index contributed by atoms with van der Waals surface area (Å²) in [7, 11) is 1.30. The quantitative estimate of drug-likeness (QED) is 0.467. The summed E-state index contributed by atoms with van der Waals surface area (Å²) < 4.78 is 0. The second kappa shape index (κ2) is 7.59. The van der Waals surface area contributed by atoms with E-state index in [1.165, 1.54) is 7.05 Å². The average molecular weight is 329 g/mol. The molecule has 1 rings (SSSR count). The van der Waals surface area contributed by atoms with Gasteiger partial charge in [-0.15, -0.1) is 5.11 Å². The number of amides is 1. The molecule has 0 bridgehead atoms. The van der Waals surface area contributed by atoms with Crippen molar-refractivity contribution in [1.82, 2.24) is 4.90 Å². The Morgan fingerprint density at radius 3 is 2.36 bits per heavy atom. The van der Waals surface area contributed by atoms with Crippen molar-refractivity contribution >= 4 is 35.1 Å². The first-order chi connectivity index (χ1) is 10.3. The number of hydrogen-bond acceptors (Lipinski definition) is 7. The second-order valence-corrected chi connectivity index (χ2v) is 4.88. The molecule has 120 valence electrons. The molecule has 0 radical (unpaired) electrons. The van der Waals surface area contributed by atoms with Gasteiger partial charge < -0.3 is 15.3 Å². The van der Waals surface area contributed by atoms with Crippen molar-refractivity contribution in [3.8, 4) is 0 Å². The summed E-state index contributed by atoms with van der Waals surface area (Å²) in [5.41, 5.74) is -0.350. The van der Waals surface area contributed by atoms with Crippen LogP contribution in [-0.2, 0) is 14.4 Å². The van der Waals surface area contributed by atoms with E-state index in [2.05, 4.69) is 10.2 Å². The molecule has 0 fully saturated rings. The van der Waals surface area contributed by atoms with Crippen LogP contribution in [0.25, 0.3) is 0 Å². The lowest BCUT2D eigenvalue weighted by Gasteiger charge is -2.32. The van der Waals surface area contributed by atoms with E-state index in [1.54, 1.807) is 0 Å². The third kappa shape index (κ3) is 4.07. The molecular formula is C12H15N3O6S. The van der Waals surface area contributed by atoms with Gasteiger partial charge in [0.05, 0.1) is 17.3 Å². The summed E-state index contributed by atoms with van der Waals surface area (Å²) in [6.07, 6.45) is -0.638. The molecule has 9 nitrogen and oxygen atoms in total. The van der Waals surface area contributed by atoms with E-state index >= 15 is 0 Å². The first kappa shape index (κ1) is 17.7. The SMILES string of the molecule is C/N=N\C1=C(O)C(CCC(=O)O)C(=S)N(CCC(=O)O)C1=O. The number of aliphatic hydroxyl groups is 1. The second-order valence-electron chi connectivity index (χ2n) is 4.46. The molecule has 1 unspecified atom stereocenters. The van der Waals surface area contributed by atoms with Gasteiger partial charge in [0.25, 0.3) is 5.91 Å². The fourth-order valence-corrected chi connectivity index (χ4v) is 2.35. The third-order valence-electron chi connectivity index (χ3n) is 2.98. The normalized spacial score (nSPS) is 19.1. The lowest BCUT2D eigenvalue weighted by atomic mass is 9.94. The maximum Gasteiger partial charge on any atom is 0.305 e. The summed E-state index contributed by atoms with van der Waals surface area (Å²) in [5.74, 6) is -4.27. The Hall–Kier alpha value is -2.36. The Morgan fingerprint density at radius 2 is 1.86 bits per heavy atom. The van der Waals surface area contributed by atoms with Crippen molar-refractivity contribution < 1.29 is 29.7 Å². The third-order valence-corrected chi connectivity index (χ3v) is 3.49. The molecule has 0 aromatic rings. The molecule has 1 amide bonds. The molecule has 22 heavy (non-hydrogen) atoms.